The number of nitrogens with zero attached hydrogens (tertiary/aromatic N) is 2. The first kappa shape index (κ1) is 22.1. The second-order valence-corrected chi connectivity index (χ2v) is 7.95. The molecule has 0 aliphatic carbocycles. The summed E-state index contributed by atoms with van der Waals surface area (Å²) in [5.74, 6) is -2.15. The molecule has 2 amide bonds. The Hall–Kier alpha value is -2.64. The van der Waals surface area contributed by atoms with Crippen molar-refractivity contribution in [3.8, 4) is 0 Å². The highest BCUT2D eigenvalue weighted by molar-refractivity contribution is 6.39. The van der Waals surface area contributed by atoms with Crippen LogP contribution >= 0.6 is 11.6 Å². The van der Waals surface area contributed by atoms with Crippen LogP contribution in [0.5, 0.6) is 0 Å². The molecule has 3 rings (SSSR count). The van der Waals surface area contributed by atoms with Crippen LogP contribution in [0.1, 0.15) is 24.4 Å². The van der Waals surface area contributed by atoms with Crippen molar-refractivity contribution in [2.24, 2.45) is 0 Å². The number of carbonyl (C=O) groups excluding carboxylic acids is 2. The zero-order valence-corrected chi connectivity index (χ0v) is 17.9. The number of rotatable bonds is 6. The lowest BCUT2D eigenvalue weighted by Crippen LogP contribution is -2.41. The molecule has 0 aromatic heterocycles. The van der Waals surface area contributed by atoms with Gasteiger partial charge in [0.2, 0.25) is 0 Å². The number of halogens is 2. The number of hydrogen-bond donors (Lipinski definition) is 2. The summed E-state index contributed by atoms with van der Waals surface area (Å²) in [6, 6.07) is 12.0. The Morgan fingerprint density at radius 3 is 2.37 bits per heavy atom. The van der Waals surface area contributed by atoms with E-state index in [1.165, 1.54) is 12.1 Å². The molecule has 1 atom stereocenters. The highest BCUT2D eigenvalue weighted by Crippen LogP contribution is 2.26. The molecule has 0 radical (unpaired) electrons. The summed E-state index contributed by atoms with van der Waals surface area (Å²) in [7, 11) is 3.97. The average Bonchev–Trinajstić information content (AvgIpc) is 3.25. The fourth-order valence-electron chi connectivity index (χ4n) is 3.54. The summed E-state index contributed by atoms with van der Waals surface area (Å²) in [5, 5.41) is 5.05. The summed E-state index contributed by atoms with van der Waals surface area (Å²) in [6.45, 7) is 2.23. The summed E-state index contributed by atoms with van der Waals surface area (Å²) in [6.07, 6.45) is 2.23. The first-order chi connectivity index (χ1) is 14.3. The van der Waals surface area contributed by atoms with Gasteiger partial charge in [0, 0.05) is 32.0 Å². The number of carbonyl (C=O) groups is 2. The number of anilines is 2. The third-order valence-corrected chi connectivity index (χ3v) is 5.51. The van der Waals surface area contributed by atoms with Crippen molar-refractivity contribution in [1.82, 2.24) is 10.2 Å². The third-order valence-electron chi connectivity index (χ3n) is 5.22. The molecule has 0 saturated carbocycles. The number of nitrogens with one attached hydrogen (secondary N) is 2. The lowest BCUT2D eigenvalue weighted by molar-refractivity contribution is -0.136. The summed E-state index contributed by atoms with van der Waals surface area (Å²) in [5.41, 5.74) is 2.45. The maximum Gasteiger partial charge on any atom is 0.313 e. The molecule has 1 saturated heterocycles. The Bertz CT molecular complexity index is 899. The molecule has 160 valence electrons. The van der Waals surface area contributed by atoms with Crippen molar-refractivity contribution >= 4 is 34.8 Å². The predicted octanol–water partition coefficient (Wildman–Crippen LogP) is 3.44. The first-order valence-corrected chi connectivity index (χ1v) is 10.3. The maximum absolute atomic E-state index is 13.3. The van der Waals surface area contributed by atoms with E-state index in [0.717, 1.165) is 43.2 Å². The van der Waals surface area contributed by atoms with Crippen LogP contribution in [0.3, 0.4) is 0 Å². The summed E-state index contributed by atoms with van der Waals surface area (Å²) >= 11 is 5.72. The number of hydrogen-bond acceptors (Lipinski definition) is 4. The Balaban J connectivity index is 1.64. The molecule has 6 nitrogen and oxygen atoms in total. The van der Waals surface area contributed by atoms with Crippen molar-refractivity contribution in [2.45, 2.75) is 18.9 Å². The van der Waals surface area contributed by atoms with E-state index in [2.05, 4.69) is 27.7 Å². The Kier molecular flexibility index (Phi) is 7.29. The third kappa shape index (κ3) is 5.49. The van der Waals surface area contributed by atoms with E-state index in [9.17, 15) is 14.0 Å². The first-order valence-electron chi connectivity index (χ1n) is 9.90. The largest absolute Gasteiger partial charge is 0.378 e. The van der Waals surface area contributed by atoms with Crippen LogP contribution in [-0.4, -0.2) is 50.4 Å². The van der Waals surface area contributed by atoms with Gasteiger partial charge in [-0.2, -0.15) is 0 Å². The van der Waals surface area contributed by atoms with Crippen molar-refractivity contribution in [3.63, 3.8) is 0 Å². The molecule has 2 aromatic carbocycles. The molecule has 1 aliphatic heterocycles. The van der Waals surface area contributed by atoms with Gasteiger partial charge in [-0.15, -0.1) is 0 Å². The molecule has 0 spiro atoms. The van der Waals surface area contributed by atoms with Crippen LogP contribution in [0.25, 0.3) is 0 Å². The fourth-order valence-corrected chi connectivity index (χ4v) is 3.72. The fraction of sp³-hybridized carbons (Fsp3) is 0.364. The molecule has 2 aromatic rings. The summed E-state index contributed by atoms with van der Waals surface area (Å²) in [4.78, 5) is 28.9. The van der Waals surface area contributed by atoms with Gasteiger partial charge in [0.15, 0.2) is 0 Å². The molecule has 1 heterocycles. The predicted molar refractivity (Wildman–Crippen MR) is 117 cm³/mol. The van der Waals surface area contributed by atoms with Crippen molar-refractivity contribution < 1.29 is 14.0 Å². The molecule has 30 heavy (non-hydrogen) atoms. The van der Waals surface area contributed by atoms with Gasteiger partial charge in [-0.3, -0.25) is 14.5 Å². The van der Waals surface area contributed by atoms with Gasteiger partial charge in [0.25, 0.3) is 0 Å². The molecule has 8 heteroatoms. The molecule has 1 aliphatic rings. The van der Waals surface area contributed by atoms with Gasteiger partial charge in [-0.1, -0.05) is 23.7 Å². The van der Waals surface area contributed by atoms with Gasteiger partial charge >= 0.3 is 11.8 Å². The molecule has 0 unspecified atom stereocenters. The van der Waals surface area contributed by atoms with E-state index < -0.39 is 17.6 Å². The molecule has 2 N–H and O–H groups in total. The minimum Gasteiger partial charge on any atom is -0.378 e. The van der Waals surface area contributed by atoms with Crippen molar-refractivity contribution in [2.75, 3.05) is 43.9 Å². The van der Waals surface area contributed by atoms with Gasteiger partial charge in [0.05, 0.1) is 11.1 Å². The van der Waals surface area contributed by atoms with E-state index in [-0.39, 0.29) is 16.8 Å². The van der Waals surface area contributed by atoms with Crippen molar-refractivity contribution in [1.29, 1.82) is 0 Å². The standard InChI is InChI=1S/C22H26ClFN4O2/c1-27(2)17-8-5-15(6-9-17)20(28-11-3-4-12-28)14-25-21(29)22(30)26-16-7-10-19(24)18(23)13-16/h5-10,13,20H,3-4,11-12,14H2,1-2H3,(H,25,29)(H,26,30)/t20-/m1/s1. The SMILES string of the molecule is CN(C)c1ccc([C@@H](CNC(=O)C(=O)Nc2ccc(F)c(Cl)c2)N2CCCC2)cc1. The van der Waals surface area contributed by atoms with E-state index in [4.69, 9.17) is 11.6 Å². The normalized spacial score (nSPS) is 14.9. The number of amides is 2. The molecule has 0 bridgehead atoms. The van der Waals surface area contributed by atoms with Gasteiger partial charge in [-0.25, -0.2) is 4.39 Å². The molecule has 1 fully saturated rings. The minimum absolute atomic E-state index is 0.0132. The lowest BCUT2D eigenvalue weighted by Gasteiger charge is -2.28. The topological polar surface area (TPSA) is 64.7 Å². The average molecular weight is 433 g/mol. The van der Waals surface area contributed by atoms with Crippen LogP contribution in [-0.2, 0) is 9.59 Å². The number of benzene rings is 2. The second-order valence-electron chi connectivity index (χ2n) is 7.54. The Morgan fingerprint density at radius 1 is 1.10 bits per heavy atom. The minimum atomic E-state index is -0.819. The second kappa shape index (κ2) is 9.91. The van der Waals surface area contributed by atoms with Gasteiger partial charge in [0.1, 0.15) is 5.82 Å². The van der Waals surface area contributed by atoms with Gasteiger partial charge in [-0.05, 0) is 61.8 Å². The monoisotopic (exact) mass is 432 g/mol. The lowest BCUT2D eigenvalue weighted by atomic mass is 10.0. The molecular weight excluding hydrogens is 407 g/mol. The quantitative estimate of drug-likeness (QED) is 0.686. The zero-order valence-electron chi connectivity index (χ0n) is 17.1. The Labute approximate surface area is 181 Å². The van der Waals surface area contributed by atoms with Crippen LogP contribution < -0.4 is 15.5 Å². The smallest absolute Gasteiger partial charge is 0.313 e. The van der Waals surface area contributed by atoms with E-state index in [1.807, 2.05) is 31.1 Å². The number of likely N-dealkylation sites (tertiary alicyclic amines) is 1. The van der Waals surface area contributed by atoms with Crippen molar-refractivity contribution in [3.05, 3.63) is 58.9 Å². The molecular formula is C22H26ClFN4O2. The highest BCUT2D eigenvalue weighted by atomic mass is 35.5. The highest BCUT2D eigenvalue weighted by Gasteiger charge is 2.25. The van der Waals surface area contributed by atoms with Crippen LogP contribution in [0.15, 0.2) is 42.5 Å². The van der Waals surface area contributed by atoms with Crippen LogP contribution in [0.4, 0.5) is 15.8 Å². The van der Waals surface area contributed by atoms with Gasteiger partial charge < -0.3 is 15.5 Å². The van der Waals surface area contributed by atoms with Crippen LogP contribution in [0, 0.1) is 5.82 Å². The Morgan fingerprint density at radius 2 is 1.77 bits per heavy atom. The maximum atomic E-state index is 13.3. The van der Waals surface area contributed by atoms with E-state index in [1.54, 1.807) is 0 Å². The van der Waals surface area contributed by atoms with E-state index >= 15 is 0 Å². The van der Waals surface area contributed by atoms with E-state index in [0.29, 0.717) is 6.54 Å². The zero-order chi connectivity index (χ0) is 21.7. The van der Waals surface area contributed by atoms with Crippen LogP contribution in [0.2, 0.25) is 5.02 Å². The summed E-state index contributed by atoms with van der Waals surface area (Å²) < 4.78 is 13.3.